The van der Waals surface area contributed by atoms with Crippen molar-refractivity contribution in [3.63, 3.8) is 0 Å². The monoisotopic (exact) mass is 338 g/mol. The van der Waals surface area contributed by atoms with Gasteiger partial charge in [-0.15, -0.1) is 0 Å². The van der Waals surface area contributed by atoms with Gasteiger partial charge in [-0.2, -0.15) is 5.26 Å². The molecular weight excluding hydrogens is 316 g/mol. The number of hydrogen-bond donors (Lipinski definition) is 2. The number of aromatic nitrogens is 1. The van der Waals surface area contributed by atoms with Crippen molar-refractivity contribution in [1.82, 2.24) is 14.8 Å². The number of nitriles is 1. The molecule has 0 saturated carbocycles. The number of carbonyl (C=O) groups excluding carboxylic acids is 1. The number of hydrogen-bond acceptors (Lipinski definition) is 4. The number of amides is 1. The fraction of sp³-hybridized carbons (Fsp3) is 0.368. The molecule has 1 amide bonds. The second kappa shape index (κ2) is 7.09. The van der Waals surface area contributed by atoms with Gasteiger partial charge in [0.25, 0.3) is 5.91 Å². The number of H-pyrrole nitrogens is 1. The maximum absolute atomic E-state index is 12.4. The highest BCUT2D eigenvalue weighted by atomic mass is 16.3. The Bertz CT molecular complexity index is 780. The van der Waals surface area contributed by atoms with Crippen molar-refractivity contribution in [1.29, 1.82) is 5.26 Å². The van der Waals surface area contributed by atoms with Crippen LogP contribution in [0.1, 0.15) is 28.0 Å². The molecule has 1 aromatic carbocycles. The summed E-state index contributed by atoms with van der Waals surface area (Å²) in [5.41, 5.74) is 1.09. The number of rotatable bonds is 5. The number of likely N-dealkylation sites (N-methyl/N-ethyl adjacent to an activating group) is 1. The fourth-order valence-corrected chi connectivity index (χ4v) is 3.36. The molecule has 0 bridgehead atoms. The maximum Gasteiger partial charge on any atom is 0.255 e. The van der Waals surface area contributed by atoms with E-state index in [0.717, 1.165) is 13.1 Å². The Balaban J connectivity index is 1.58. The third kappa shape index (κ3) is 4.08. The zero-order valence-corrected chi connectivity index (χ0v) is 14.3. The largest absolute Gasteiger partial charge is 0.387 e. The molecule has 1 fully saturated rings. The average molecular weight is 338 g/mol. The van der Waals surface area contributed by atoms with Gasteiger partial charge in [-0.05, 0) is 18.1 Å². The number of benzene rings is 1. The Morgan fingerprint density at radius 2 is 2.20 bits per heavy atom. The molecule has 1 aliphatic rings. The summed E-state index contributed by atoms with van der Waals surface area (Å²) in [7, 11) is 1.68. The van der Waals surface area contributed by atoms with Crippen LogP contribution in [0.15, 0.2) is 42.6 Å². The molecule has 130 valence electrons. The summed E-state index contributed by atoms with van der Waals surface area (Å²) in [5.74, 6) is -0.201. The maximum atomic E-state index is 12.4. The van der Waals surface area contributed by atoms with E-state index >= 15 is 0 Å². The number of carbonyl (C=O) groups is 1. The van der Waals surface area contributed by atoms with Crippen molar-refractivity contribution in [3.05, 3.63) is 59.4 Å². The van der Waals surface area contributed by atoms with Gasteiger partial charge in [-0.25, -0.2) is 0 Å². The van der Waals surface area contributed by atoms with E-state index in [-0.39, 0.29) is 12.5 Å². The van der Waals surface area contributed by atoms with Gasteiger partial charge < -0.3 is 15.0 Å². The molecule has 3 rings (SSSR count). The molecule has 0 spiro atoms. The molecule has 6 heteroatoms. The van der Waals surface area contributed by atoms with E-state index in [4.69, 9.17) is 5.26 Å². The predicted molar refractivity (Wildman–Crippen MR) is 93.8 cm³/mol. The van der Waals surface area contributed by atoms with Gasteiger partial charge in [0, 0.05) is 32.9 Å². The van der Waals surface area contributed by atoms with Gasteiger partial charge in [0.15, 0.2) is 0 Å². The third-order valence-electron chi connectivity index (χ3n) is 4.59. The number of aromatic amines is 1. The molecule has 0 aliphatic carbocycles. The predicted octanol–water partition coefficient (Wildman–Crippen LogP) is 1.60. The van der Waals surface area contributed by atoms with E-state index in [2.05, 4.69) is 22.0 Å². The van der Waals surface area contributed by atoms with E-state index in [1.165, 1.54) is 22.7 Å². The van der Waals surface area contributed by atoms with Crippen molar-refractivity contribution >= 4 is 5.91 Å². The first-order valence-corrected chi connectivity index (χ1v) is 8.32. The molecule has 1 aliphatic heterocycles. The second-order valence-corrected chi connectivity index (χ2v) is 6.75. The van der Waals surface area contributed by atoms with Gasteiger partial charge in [0.1, 0.15) is 11.8 Å². The summed E-state index contributed by atoms with van der Waals surface area (Å²) in [6.45, 7) is 2.40. The van der Waals surface area contributed by atoms with Gasteiger partial charge in [-0.3, -0.25) is 9.69 Å². The quantitative estimate of drug-likeness (QED) is 0.867. The molecule has 0 radical (unpaired) electrons. The molecule has 25 heavy (non-hydrogen) atoms. The Kier molecular flexibility index (Phi) is 4.88. The minimum absolute atomic E-state index is 0.201. The first kappa shape index (κ1) is 17.2. The van der Waals surface area contributed by atoms with Crippen LogP contribution >= 0.6 is 0 Å². The number of likely N-dealkylation sites (tertiary alicyclic amines) is 1. The number of β-amino-alcohol motifs (C(OH)–C–C–N with tert-alkyl or cyclic N) is 1. The van der Waals surface area contributed by atoms with Gasteiger partial charge in [0.2, 0.25) is 0 Å². The highest BCUT2D eigenvalue weighted by Crippen LogP contribution is 2.24. The number of nitrogens with zero attached hydrogens (tertiary/aromatic N) is 3. The standard InChI is InChI=1S/C19H22N4O2/c1-22(18(24)16-9-17(10-20)21-11-16)13-19(25)7-8-23(14-19)12-15-5-3-2-4-6-15/h2-6,9,11,21,25H,7-8,12-14H2,1H3. The smallest absolute Gasteiger partial charge is 0.255 e. The van der Waals surface area contributed by atoms with Crippen LogP contribution in [-0.2, 0) is 6.54 Å². The summed E-state index contributed by atoms with van der Waals surface area (Å²) >= 11 is 0. The minimum Gasteiger partial charge on any atom is -0.387 e. The molecule has 1 aromatic heterocycles. The third-order valence-corrected chi connectivity index (χ3v) is 4.59. The van der Waals surface area contributed by atoms with Crippen molar-refractivity contribution in [2.75, 3.05) is 26.7 Å². The van der Waals surface area contributed by atoms with E-state index in [0.29, 0.717) is 24.2 Å². The van der Waals surface area contributed by atoms with Crippen LogP contribution in [0.2, 0.25) is 0 Å². The molecule has 1 saturated heterocycles. The normalized spacial score (nSPS) is 20.4. The summed E-state index contributed by atoms with van der Waals surface area (Å²) in [6, 6.07) is 13.7. The number of nitrogens with one attached hydrogen (secondary N) is 1. The molecule has 6 nitrogen and oxygen atoms in total. The highest BCUT2D eigenvalue weighted by Gasteiger charge is 2.37. The van der Waals surface area contributed by atoms with Crippen LogP contribution in [0.4, 0.5) is 0 Å². The van der Waals surface area contributed by atoms with Gasteiger partial charge in [-0.1, -0.05) is 30.3 Å². The zero-order chi connectivity index (χ0) is 17.9. The fourth-order valence-electron chi connectivity index (χ4n) is 3.36. The van der Waals surface area contributed by atoms with Gasteiger partial charge >= 0.3 is 0 Å². The van der Waals surface area contributed by atoms with Crippen LogP contribution in [0, 0.1) is 11.3 Å². The number of aliphatic hydroxyl groups is 1. The van der Waals surface area contributed by atoms with Crippen molar-refractivity contribution in [2.45, 2.75) is 18.6 Å². The zero-order valence-electron chi connectivity index (χ0n) is 14.3. The molecule has 2 heterocycles. The van der Waals surface area contributed by atoms with Crippen molar-refractivity contribution < 1.29 is 9.90 Å². The lowest BCUT2D eigenvalue weighted by Crippen LogP contribution is -2.45. The Labute approximate surface area is 147 Å². The van der Waals surface area contributed by atoms with E-state index in [9.17, 15) is 9.90 Å². The lowest BCUT2D eigenvalue weighted by molar-refractivity contribution is 0.0170. The lowest BCUT2D eigenvalue weighted by atomic mass is 10.0. The molecule has 1 atom stereocenters. The van der Waals surface area contributed by atoms with Gasteiger partial charge in [0.05, 0.1) is 17.7 Å². The first-order chi connectivity index (χ1) is 12.0. The van der Waals surface area contributed by atoms with Crippen LogP contribution < -0.4 is 0 Å². The van der Waals surface area contributed by atoms with E-state index in [1.807, 2.05) is 24.3 Å². The lowest BCUT2D eigenvalue weighted by Gasteiger charge is -2.29. The van der Waals surface area contributed by atoms with E-state index in [1.54, 1.807) is 7.05 Å². The summed E-state index contributed by atoms with van der Waals surface area (Å²) < 4.78 is 0. The summed E-state index contributed by atoms with van der Waals surface area (Å²) in [4.78, 5) is 18.9. The Morgan fingerprint density at radius 1 is 1.44 bits per heavy atom. The molecular formula is C19H22N4O2. The Hall–Kier alpha value is -2.62. The average Bonchev–Trinajstić information content (AvgIpc) is 3.22. The van der Waals surface area contributed by atoms with Crippen molar-refractivity contribution in [2.24, 2.45) is 0 Å². The first-order valence-electron chi connectivity index (χ1n) is 8.32. The van der Waals surface area contributed by atoms with Crippen molar-refractivity contribution in [3.8, 4) is 6.07 Å². The molecule has 1 unspecified atom stereocenters. The minimum atomic E-state index is -0.909. The Morgan fingerprint density at radius 3 is 2.88 bits per heavy atom. The summed E-state index contributed by atoms with van der Waals surface area (Å²) in [5, 5.41) is 19.7. The van der Waals surface area contributed by atoms with Crippen LogP contribution in [-0.4, -0.2) is 58.1 Å². The van der Waals surface area contributed by atoms with Crippen LogP contribution in [0.25, 0.3) is 0 Å². The summed E-state index contributed by atoms with van der Waals surface area (Å²) in [6.07, 6.45) is 2.16. The highest BCUT2D eigenvalue weighted by molar-refractivity contribution is 5.94. The second-order valence-electron chi connectivity index (χ2n) is 6.75. The van der Waals surface area contributed by atoms with E-state index < -0.39 is 5.60 Å². The van der Waals surface area contributed by atoms with Crippen LogP contribution in [0.5, 0.6) is 0 Å². The SMILES string of the molecule is CN(CC1(O)CCN(Cc2ccccc2)C1)C(=O)c1c[nH]c(C#N)c1. The van der Waals surface area contributed by atoms with Crippen LogP contribution in [0.3, 0.4) is 0 Å². The molecule has 2 N–H and O–H groups in total. The molecule has 2 aromatic rings. The topological polar surface area (TPSA) is 83.4 Å².